The first-order valence-corrected chi connectivity index (χ1v) is 13.9. The first-order chi connectivity index (χ1) is 18.5. The highest BCUT2D eigenvalue weighted by Gasteiger charge is 2.32. The number of amides is 2. The standard InChI is InChI=1S/C28H32ClN3O6S/c1-19-6-8-21(9-7-19)17-31(20(2)28(34)30-3)27(33)18-32(23-12-10-22(29)11-13-23)39(35,36)24-14-15-25(37-4)26(16-24)38-5/h6-16,20H,17-18H2,1-5H3,(H,30,34). The number of nitrogens with one attached hydrogen (secondary N) is 1. The molecular formula is C28H32ClN3O6S. The summed E-state index contributed by atoms with van der Waals surface area (Å²) >= 11 is 6.05. The van der Waals surface area contributed by atoms with E-state index in [0.29, 0.717) is 10.8 Å². The minimum atomic E-state index is -4.28. The van der Waals surface area contributed by atoms with Crippen LogP contribution in [-0.4, -0.2) is 59.0 Å². The number of anilines is 1. The van der Waals surface area contributed by atoms with Crippen LogP contribution < -0.4 is 19.1 Å². The molecule has 3 aromatic carbocycles. The van der Waals surface area contributed by atoms with Gasteiger partial charge in [-0.05, 0) is 55.8 Å². The number of halogens is 1. The van der Waals surface area contributed by atoms with E-state index in [2.05, 4.69) is 5.32 Å². The number of methoxy groups -OCH3 is 2. The normalized spacial score (nSPS) is 11.8. The average molecular weight is 574 g/mol. The number of hydrogen-bond acceptors (Lipinski definition) is 6. The summed E-state index contributed by atoms with van der Waals surface area (Å²) in [5.74, 6) is -0.369. The third kappa shape index (κ3) is 7.01. The van der Waals surface area contributed by atoms with Crippen molar-refractivity contribution in [1.29, 1.82) is 0 Å². The van der Waals surface area contributed by atoms with Crippen LogP contribution in [0.1, 0.15) is 18.1 Å². The Bertz CT molecular complexity index is 1410. The molecule has 0 aliphatic rings. The summed E-state index contributed by atoms with van der Waals surface area (Å²) in [7, 11) is 0.0506. The Hall–Kier alpha value is -3.76. The second kappa shape index (κ2) is 12.9. The molecule has 39 heavy (non-hydrogen) atoms. The molecule has 0 spiro atoms. The minimum Gasteiger partial charge on any atom is -0.493 e. The van der Waals surface area contributed by atoms with Crippen LogP contribution in [0.15, 0.2) is 71.6 Å². The number of ether oxygens (including phenoxy) is 2. The van der Waals surface area contributed by atoms with Crippen molar-refractivity contribution in [2.75, 3.05) is 32.1 Å². The van der Waals surface area contributed by atoms with Crippen LogP contribution in [0, 0.1) is 6.92 Å². The third-order valence-corrected chi connectivity index (χ3v) is 8.25. The molecule has 0 aliphatic heterocycles. The van der Waals surface area contributed by atoms with E-state index in [-0.39, 0.29) is 28.8 Å². The highest BCUT2D eigenvalue weighted by Crippen LogP contribution is 2.32. The summed E-state index contributed by atoms with van der Waals surface area (Å²) < 4.78 is 39.4. The van der Waals surface area contributed by atoms with Crippen LogP contribution in [0.5, 0.6) is 11.5 Å². The molecule has 0 bridgehead atoms. The molecular weight excluding hydrogens is 542 g/mol. The van der Waals surface area contributed by atoms with Crippen molar-refractivity contribution in [1.82, 2.24) is 10.2 Å². The molecule has 0 saturated carbocycles. The second-order valence-electron chi connectivity index (χ2n) is 8.80. The van der Waals surface area contributed by atoms with Gasteiger partial charge in [-0.1, -0.05) is 41.4 Å². The first kappa shape index (κ1) is 29.8. The molecule has 0 radical (unpaired) electrons. The largest absolute Gasteiger partial charge is 0.493 e. The molecule has 1 N–H and O–H groups in total. The number of carbonyl (C=O) groups excluding carboxylic acids is 2. The van der Waals surface area contributed by atoms with Gasteiger partial charge in [0.2, 0.25) is 11.8 Å². The van der Waals surface area contributed by atoms with Crippen LogP contribution in [0.3, 0.4) is 0 Å². The molecule has 2 amide bonds. The number of aryl methyl sites for hydroxylation is 1. The number of likely N-dealkylation sites (N-methyl/N-ethyl adjacent to an activating group) is 1. The fourth-order valence-electron chi connectivity index (χ4n) is 3.92. The first-order valence-electron chi connectivity index (χ1n) is 12.1. The second-order valence-corrected chi connectivity index (χ2v) is 11.1. The van der Waals surface area contributed by atoms with Crippen LogP contribution in [0.2, 0.25) is 5.02 Å². The lowest BCUT2D eigenvalue weighted by Gasteiger charge is -2.32. The Morgan fingerprint density at radius 1 is 0.949 bits per heavy atom. The number of rotatable bonds is 11. The van der Waals surface area contributed by atoms with Crippen LogP contribution in [0.25, 0.3) is 0 Å². The lowest BCUT2D eigenvalue weighted by Crippen LogP contribution is -2.50. The maximum atomic E-state index is 13.9. The SMILES string of the molecule is CNC(=O)C(C)N(Cc1ccc(C)cc1)C(=O)CN(c1ccc(Cl)cc1)S(=O)(=O)c1ccc(OC)c(OC)c1. The van der Waals surface area contributed by atoms with Crippen molar-refractivity contribution in [3.8, 4) is 11.5 Å². The van der Waals surface area contributed by atoms with Gasteiger partial charge in [-0.2, -0.15) is 0 Å². The van der Waals surface area contributed by atoms with E-state index in [1.165, 1.54) is 68.6 Å². The molecule has 1 unspecified atom stereocenters. The maximum absolute atomic E-state index is 13.9. The molecule has 0 aromatic heterocycles. The monoisotopic (exact) mass is 573 g/mol. The molecule has 1 atom stereocenters. The molecule has 0 heterocycles. The Labute approximate surface area is 234 Å². The van der Waals surface area contributed by atoms with Crippen LogP contribution >= 0.6 is 11.6 Å². The smallest absolute Gasteiger partial charge is 0.264 e. The van der Waals surface area contributed by atoms with E-state index in [1.54, 1.807) is 6.92 Å². The zero-order valence-corrected chi connectivity index (χ0v) is 24.0. The topological polar surface area (TPSA) is 105 Å². The van der Waals surface area contributed by atoms with Crippen molar-refractivity contribution in [2.24, 2.45) is 0 Å². The van der Waals surface area contributed by atoms with Crippen LogP contribution in [0.4, 0.5) is 5.69 Å². The van der Waals surface area contributed by atoms with Crippen molar-refractivity contribution in [2.45, 2.75) is 31.3 Å². The van der Waals surface area contributed by atoms with Crippen LogP contribution in [-0.2, 0) is 26.2 Å². The molecule has 0 aliphatic carbocycles. The summed E-state index contributed by atoms with van der Waals surface area (Å²) in [6.45, 7) is 3.09. The molecule has 0 saturated heterocycles. The van der Waals surface area contributed by atoms with E-state index in [9.17, 15) is 18.0 Å². The summed E-state index contributed by atoms with van der Waals surface area (Å²) in [4.78, 5) is 27.6. The lowest BCUT2D eigenvalue weighted by atomic mass is 10.1. The molecule has 3 aromatic rings. The number of nitrogens with zero attached hydrogens (tertiary/aromatic N) is 2. The van der Waals surface area contributed by atoms with Crippen molar-refractivity contribution in [3.63, 3.8) is 0 Å². The molecule has 208 valence electrons. The zero-order valence-electron chi connectivity index (χ0n) is 22.5. The Balaban J connectivity index is 2.06. The van der Waals surface area contributed by atoms with Crippen molar-refractivity contribution in [3.05, 3.63) is 82.9 Å². The number of sulfonamides is 1. The van der Waals surface area contributed by atoms with Gasteiger partial charge in [0.25, 0.3) is 10.0 Å². The summed E-state index contributed by atoms with van der Waals surface area (Å²) in [6, 6.07) is 17.0. The van der Waals surface area contributed by atoms with E-state index >= 15 is 0 Å². The van der Waals surface area contributed by atoms with Gasteiger partial charge in [-0.25, -0.2) is 8.42 Å². The molecule has 0 fully saturated rings. The number of hydrogen-bond donors (Lipinski definition) is 1. The van der Waals surface area contributed by atoms with Gasteiger partial charge in [0.1, 0.15) is 12.6 Å². The predicted octanol–water partition coefficient (Wildman–Crippen LogP) is 4.02. The average Bonchev–Trinajstić information content (AvgIpc) is 2.94. The molecule has 3 rings (SSSR count). The lowest BCUT2D eigenvalue weighted by molar-refractivity contribution is -0.139. The Morgan fingerprint density at radius 3 is 2.13 bits per heavy atom. The van der Waals surface area contributed by atoms with E-state index < -0.39 is 28.5 Å². The van der Waals surface area contributed by atoms with E-state index in [4.69, 9.17) is 21.1 Å². The van der Waals surface area contributed by atoms with Gasteiger partial charge in [0.15, 0.2) is 11.5 Å². The number of carbonyl (C=O) groups is 2. The highest BCUT2D eigenvalue weighted by molar-refractivity contribution is 7.92. The van der Waals surface area contributed by atoms with Crippen molar-refractivity contribution >= 4 is 39.1 Å². The quantitative estimate of drug-likeness (QED) is 0.371. The summed E-state index contributed by atoms with van der Waals surface area (Å²) in [6.07, 6.45) is 0. The van der Waals surface area contributed by atoms with Gasteiger partial charge in [0.05, 0.1) is 24.8 Å². The third-order valence-electron chi connectivity index (χ3n) is 6.22. The predicted molar refractivity (Wildman–Crippen MR) is 151 cm³/mol. The Morgan fingerprint density at radius 2 is 1.56 bits per heavy atom. The molecule has 11 heteroatoms. The number of benzene rings is 3. The minimum absolute atomic E-state index is 0.104. The zero-order chi connectivity index (χ0) is 28.7. The molecule has 9 nitrogen and oxygen atoms in total. The fourth-order valence-corrected chi connectivity index (χ4v) is 5.48. The highest BCUT2D eigenvalue weighted by atomic mass is 35.5. The van der Waals surface area contributed by atoms with E-state index in [0.717, 1.165) is 15.4 Å². The fraction of sp³-hybridized carbons (Fsp3) is 0.286. The van der Waals surface area contributed by atoms with Gasteiger partial charge < -0.3 is 19.7 Å². The van der Waals surface area contributed by atoms with E-state index in [1.807, 2.05) is 31.2 Å². The summed E-state index contributed by atoms with van der Waals surface area (Å²) in [5, 5.41) is 2.97. The summed E-state index contributed by atoms with van der Waals surface area (Å²) in [5.41, 5.74) is 2.07. The maximum Gasteiger partial charge on any atom is 0.264 e. The van der Waals surface area contributed by atoms with Gasteiger partial charge in [-0.15, -0.1) is 0 Å². The Kier molecular flexibility index (Phi) is 9.82. The van der Waals surface area contributed by atoms with Crippen molar-refractivity contribution < 1.29 is 27.5 Å². The van der Waals surface area contributed by atoms with Gasteiger partial charge in [0, 0.05) is 24.7 Å². The van der Waals surface area contributed by atoms with Gasteiger partial charge in [-0.3, -0.25) is 13.9 Å². The van der Waals surface area contributed by atoms with Gasteiger partial charge >= 0.3 is 0 Å².